The zero-order valence-corrected chi connectivity index (χ0v) is 14.2. The van der Waals surface area contributed by atoms with Gasteiger partial charge in [0.1, 0.15) is 0 Å². The van der Waals surface area contributed by atoms with Gasteiger partial charge in [-0.15, -0.1) is 0 Å². The Morgan fingerprint density at radius 2 is 1.85 bits per heavy atom. The molecule has 1 aromatic rings. The summed E-state index contributed by atoms with van der Waals surface area (Å²) in [6.45, 7) is 5.71. The van der Waals surface area contributed by atoms with Gasteiger partial charge in [-0.25, -0.2) is 0 Å². The van der Waals surface area contributed by atoms with E-state index in [2.05, 4.69) is 36.4 Å². The van der Waals surface area contributed by atoms with Crippen LogP contribution in [0.4, 0.5) is 0 Å². The van der Waals surface area contributed by atoms with Crippen LogP contribution in [0.15, 0.2) is 24.3 Å². The lowest BCUT2D eigenvalue weighted by atomic mass is 9.95. The van der Waals surface area contributed by atoms with E-state index in [1.807, 2.05) is 24.3 Å². The van der Waals surface area contributed by atoms with Crippen LogP contribution in [0.3, 0.4) is 0 Å². The Hall–Kier alpha value is -0.460. The predicted molar refractivity (Wildman–Crippen MR) is 86.8 cm³/mol. The molecule has 1 aliphatic heterocycles. The highest BCUT2D eigenvalue weighted by atomic mass is 127. The number of Topliss-reactive ketones (excluding diaryl/α,β-unsaturated/α-hetero) is 1. The summed E-state index contributed by atoms with van der Waals surface area (Å²) in [7, 11) is 0. The molecule has 0 aliphatic carbocycles. The average molecular weight is 388 g/mol. The maximum atomic E-state index is 12.0. The van der Waals surface area contributed by atoms with Gasteiger partial charge in [0, 0.05) is 21.0 Å². The molecule has 1 aliphatic rings. The molecule has 0 aromatic heterocycles. The molecule has 1 heterocycles. The molecule has 20 heavy (non-hydrogen) atoms. The topological polar surface area (TPSA) is 35.5 Å². The number of hydrogen-bond acceptors (Lipinski definition) is 3. The fourth-order valence-corrected chi connectivity index (χ4v) is 2.46. The number of benzene rings is 1. The standard InChI is InChI=1S/C16H21IO3/c1-16(2)10-19-15(20-11-16)5-3-4-14(18)12-6-8-13(17)9-7-12/h6-9,15H,3-5,10-11H2,1-2H3. The highest BCUT2D eigenvalue weighted by molar-refractivity contribution is 14.1. The summed E-state index contributed by atoms with van der Waals surface area (Å²) in [6, 6.07) is 7.70. The number of ketones is 1. The first kappa shape index (κ1) is 15.9. The lowest BCUT2D eigenvalue weighted by molar-refractivity contribution is -0.223. The van der Waals surface area contributed by atoms with Crippen molar-refractivity contribution in [2.24, 2.45) is 5.41 Å². The minimum Gasteiger partial charge on any atom is -0.352 e. The zero-order chi connectivity index (χ0) is 14.6. The van der Waals surface area contributed by atoms with Gasteiger partial charge in [-0.2, -0.15) is 0 Å². The average Bonchev–Trinajstić information content (AvgIpc) is 2.41. The number of carbonyl (C=O) groups excluding carboxylic acids is 1. The van der Waals surface area contributed by atoms with Crippen molar-refractivity contribution >= 4 is 28.4 Å². The first-order valence-electron chi connectivity index (χ1n) is 6.98. The third-order valence-electron chi connectivity index (χ3n) is 3.33. The molecule has 0 bridgehead atoms. The first-order chi connectivity index (χ1) is 9.46. The quantitative estimate of drug-likeness (QED) is 0.564. The van der Waals surface area contributed by atoms with Gasteiger partial charge < -0.3 is 9.47 Å². The van der Waals surface area contributed by atoms with Crippen LogP contribution in [0.25, 0.3) is 0 Å². The number of halogens is 1. The number of hydrogen-bond donors (Lipinski definition) is 0. The monoisotopic (exact) mass is 388 g/mol. The molecule has 0 N–H and O–H groups in total. The van der Waals surface area contributed by atoms with Gasteiger partial charge in [0.15, 0.2) is 12.1 Å². The van der Waals surface area contributed by atoms with E-state index in [9.17, 15) is 4.79 Å². The van der Waals surface area contributed by atoms with E-state index in [-0.39, 0.29) is 17.5 Å². The van der Waals surface area contributed by atoms with Gasteiger partial charge in [0.2, 0.25) is 0 Å². The first-order valence-corrected chi connectivity index (χ1v) is 8.06. The van der Waals surface area contributed by atoms with Crippen molar-refractivity contribution in [1.82, 2.24) is 0 Å². The van der Waals surface area contributed by atoms with Gasteiger partial charge in [-0.05, 0) is 47.6 Å². The van der Waals surface area contributed by atoms with E-state index in [1.54, 1.807) is 0 Å². The van der Waals surface area contributed by atoms with Crippen molar-refractivity contribution in [3.8, 4) is 0 Å². The van der Waals surface area contributed by atoms with Crippen LogP contribution >= 0.6 is 22.6 Å². The molecule has 0 radical (unpaired) electrons. The SMILES string of the molecule is CC1(C)COC(CCCC(=O)c2ccc(I)cc2)OC1. The maximum Gasteiger partial charge on any atom is 0.162 e. The normalized spacial score (nSPS) is 18.9. The van der Waals surface area contributed by atoms with Gasteiger partial charge in [-0.1, -0.05) is 26.0 Å². The molecule has 3 nitrogen and oxygen atoms in total. The lowest BCUT2D eigenvalue weighted by Gasteiger charge is -2.34. The predicted octanol–water partition coefficient (Wildman–Crippen LogP) is 4.04. The van der Waals surface area contributed by atoms with E-state index in [1.165, 1.54) is 0 Å². The Kier molecular flexibility index (Phi) is 5.57. The zero-order valence-electron chi connectivity index (χ0n) is 12.0. The second-order valence-corrected chi connectivity index (χ2v) is 7.28. The molecule has 2 rings (SSSR count). The molecule has 1 saturated heterocycles. The van der Waals surface area contributed by atoms with Crippen LogP contribution in [0.1, 0.15) is 43.5 Å². The van der Waals surface area contributed by atoms with Crippen LogP contribution in [0.2, 0.25) is 0 Å². The van der Waals surface area contributed by atoms with Crippen molar-refractivity contribution < 1.29 is 14.3 Å². The second kappa shape index (κ2) is 7.00. The van der Waals surface area contributed by atoms with Gasteiger partial charge in [-0.3, -0.25) is 4.79 Å². The van der Waals surface area contributed by atoms with Crippen molar-refractivity contribution in [3.63, 3.8) is 0 Å². The third kappa shape index (κ3) is 4.82. The molecular weight excluding hydrogens is 367 g/mol. The highest BCUT2D eigenvalue weighted by Crippen LogP contribution is 2.25. The van der Waals surface area contributed by atoms with Crippen LogP contribution in [-0.4, -0.2) is 25.3 Å². The van der Waals surface area contributed by atoms with Crippen LogP contribution in [-0.2, 0) is 9.47 Å². The Balaban J connectivity index is 1.71. The van der Waals surface area contributed by atoms with Crippen molar-refractivity contribution in [1.29, 1.82) is 0 Å². The van der Waals surface area contributed by atoms with E-state index in [0.717, 1.165) is 35.2 Å². The number of carbonyl (C=O) groups is 1. The summed E-state index contributed by atoms with van der Waals surface area (Å²) in [6.07, 6.45) is 1.99. The largest absolute Gasteiger partial charge is 0.352 e. The minimum atomic E-state index is -0.146. The van der Waals surface area contributed by atoms with E-state index < -0.39 is 0 Å². The van der Waals surface area contributed by atoms with Crippen LogP contribution < -0.4 is 0 Å². The smallest absolute Gasteiger partial charge is 0.162 e. The molecule has 1 fully saturated rings. The molecular formula is C16H21IO3. The van der Waals surface area contributed by atoms with E-state index >= 15 is 0 Å². The molecule has 110 valence electrons. The van der Waals surface area contributed by atoms with Crippen LogP contribution in [0, 0.1) is 8.99 Å². The second-order valence-electron chi connectivity index (χ2n) is 6.04. The molecule has 0 amide bonds. The third-order valence-corrected chi connectivity index (χ3v) is 4.05. The summed E-state index contributed by atoms with van der Waals surface area (Å²) in [5.41, 5.74) is 0.894. The molecule has 4 heteroatoms. The molecule has 0 spiro atoms. The fraction of sp³-hybridized carbons (Fsp3) is 0.562. The molecule has 1 aromatic carbocycles. The highest BCUT2D eigenvalue weighted by Gasteiger charge is 2.27. The summed E-state index contributed by atoms with van der Waals surface area (Å²) in [5.74, 6) is 0.192. The Labute approximate surface area is 134 Å². The Morgan fingerprint density at radius 1 is 1.25 bits per heavy atom. The van der Waals surface area contributed by atoms with Gasteiger partial charge >= 0.3 is 0 Å². The van der Waals surface area contributed by atoms with E-state index in [0.29, 0.717) is 6.42 Å². The Bertz CT molecular complexity index is 443. The molecule has 0 atom stereocenters. The summed E-state index contributed by atoms with van der Waals surface area (Å²) >= 11 is 2.24. The Morgan fingerprint density at radius 3 is 2.45 bits per heavy atom. The summed E-state index contributed by atoms with van der Waals surface area (Å²) in [5, 5.41) is 0. The lowest BCUT2D eigenvalue weighted by Crippen LogP contribution is -2.37. The summed E-state index contributed by atoms with van der Waals surface area (Å²) in [4.78, 5) is 12.0. The molecule has 0 saturated carbocycles. The van der Waals surface area contributed by atoms with Crippen molar-refractivity contribution in [2.75, 3.05) is 13.2 Å². The van der Waals surface area contributed by atoms with E-state index in [4.69, 9.17) is 9.47 Å². The maximum absolute atomic E-state index is 12.0. The van der Waals surface area contributed by atoms with Gasteiger partial charge in [0.25, 0.3) is 0 Å². The number of ether oxygens (including phenoxy) is 2. The number of rotatable bonds is 5. The molecule has 0 unspecified atom stereocenters. The van der Waals surface area contributed by atoms with Crippen LogP contribution in [0.5, 0.6) is 0 Å². The fourth-order valence-electron chi connectivity index (χ4n) is 2.10. The van der Waals surface area contributed by atoms with Gasteiger partial charge in [0.05, 0.1) is 13.2 Å². The van der Waals surface area contributed by atoms with Crippen molar-refractivity contribution in [2.45, 2.75) is 39.4 Å². The minimum absolute atomic E-state index is 0.105. The summed E-state index contributed by atoms with van der Waals surface area (Å²) < 4.78 is 12.5. The van der Waals surface area contributed by atoms with Crippen molar-refractivity contribution in [3.05, 3.63) is 33.4 Å².